The van der Waals surface area contributed by atoms with Gasteiger partial charge in [-0.15, -0.1) is 0 Å². The van der Waals surface area contributed by atoms with Crippen molar-refractivity contribution in [1.82, 2.24) is 4.90 Å². The maximum Gasteiger partial charge on any atom is 0.253 e. The molecular formula is C22H27N3O2. The molecule has 2 amide bonds. The lowest BCUT2D eigenvalue weighted by Gasteiger charge is -2.30. The topological polar surface area (TPSA) is 61.4 Å². The highest BCUT2D eigenvalue weighted by Crippen LogP contribution is 2.19. The first-order valence-electron chi connectivity index (χ1n) is 9.51. The predicted octanol–water partition coefficient (Wildman–Crippen LogP) is 3.92. The molecule has 0 radical (unpaired) electrons. The lowest BCUT2D eigenvalue weighted by Crippen LogP contribution is -2.37. The van der Waals surface area contributed by atoms with E-state index in [0.717, 1.165) is 31.6 Å². The number of rotatable bonds is 5. The van der Waals surface area contributed by atoms with E-state index >= 15 is 0 Å². The van der Waals surface area contributed by atoms with Gasteiger partial charge in [-0.05, 0) is 62.1 Å². The van der Waals surface area contributed by atoms with E-state index in [1.807, 2.05) is 36.1 Å². The van der Waals surface area contributed by atoms with Gasteiger partial charge < -0.3 is 15.5 Å². The van der Waals surface area contributed by atoms with Gasteiger partial charge in [-0.3, -0.25) is 9.59 Å². The molecule has 27 heavy (non-hydrogen) atoms. The molecule has 0 bridgehead atoms. The highest BCUT2D eigenvalue weighted by Gasteiger charge is 2.21. The Morgan fingerprint density at radius 2 is 1.56 bits per heavy atom. The molecule has 0 atom stereocenters. The Hall–Kier alpha value is -2.82. The molecule has 2 aromatic carbocycles. The van der Waals surface area contributed by atoms with Crippen molar-refractivity contribution < 1.29 is 9.59 Å². The largest absolute Gasteiger partial charge is 0.376 e. The number of piperidine rings is 1. The summed E-state index contributed by atoms with van der Waals surface area (Å²) >= 11 is 0. The first-order valence-corrected chi connectivity index (χ1v) is 9.51. The number of anilines is 2. The number of aryl methyl sites for hydroxylation is 1. The molecule has 1 aliphatic rings. The van der Waals surface area contributed by atoms with E-state index in [2.05, 4.69) is 17.6 Å². The fourth-order valence-electron chi connectivity index (χ4n) is 3.15. The van der Waals surface area contributed by atoms with Crippen LogP contribution in [0.25, 0.3) is 0 Å². The Labute approximate surface area is 160 Å². The van der Waals surface area contributed by atoms with Crippen LogP contribution < -0.4 is 10.6 Å². The number of amides is 2. The van der Waals surface area contributed by atoms with Crippen LogP contribution >= 0.6 is 0 Å². The van der Waals surface area contributed by atoms with Crippen molar-refractivity contribution >= 4 is 23.2 Å². The van der Waals surface area contributed by atoms with Gasteiger partial charge >= 0.3 is 0 Å². The molecule has 3 rings (SSSR count). The molecule has 1 heterocycles. The molecule has 1 fully saturated rings. The Kier molecular flexibility index (Phi) is 6.12. The van der Waals surface area contributed by atoms with Gasteiger partial charge in [0.05, 0.1) is 6.54 Å². The third-order valence-electron chi connectivity index (χ3n) is 4.99. The summed E-state index contributed by atoms with van der Waals surface area (Å²) in [5, 5.41) is 5.94. The minimum Gasteiger partial charge on any atom is -0.376 e. The molecule has 0 unspecified atom stereocenters. The van der Waals surface area contributed by atoms with Crippen LogP contribution in [0.4, 0.5) is 11.4 Å². The van der Waals surface area contributed by atoms with Crippen molar-refractivity contribution in [2.45, 2.75) is 26.7 Å². The zero-order valence-electron chi connectivity index (χ0n) is 16.0. The molecule has 0 saturated carbocycles. The van der Waals surface area contributed by atoms with Crippen molar-refractivity contribution in [3.8, 4) is 0 Å². The minimum absolute atomic E-state index is 0.0702. The van der Waals surface area contributed by atoms with Crippen LogP contribution in [0.5, 0.6) is 0 Å². The normalized spacial score (nSPS) is 14.7. The average molecular weight is 365 g/mol. The lowest BCUT2D eigenvalue weighted by molar-refractivity contribution is -0.114. The molecule has 0 spiro atoms. The highest BCUT2D eigenvalue weighted by molar-refractivity contribution is 5.96. The molecule has 1 aliphatic heterocycles. The van der Waals surface area contributed by atoms with E-state index in [4.69, 9.17) is 0 Å². The summed E-state index contributed by atoms with van der Waals surface area (Å²) in [5.41, 5.74) is 3.45. The first kappa shape index (κ1) is 19.0. The number of hydrogen-bond acceptors (Lipinski definition) is 3. The third kappa shape index (κ3) is 5.33. The number of hydrogen-bond donors (Lipinski definition) is 2. The fourth-order valence-corrected chi connectivity index (χ4v) is 3.15. The first-order chi connectivity index (χ1) is 13.0. The van der Waals surface area contributed by atoms with Crippen LogP contribution in [0.2, 0.25) is 0 Å². The fraction of sp³-hybridized carbons (Fsp3) is 0.364. The lowest BCUT2D eigenvalue weighted by atomic mass is 9.98. The number of carbonyl (C=O) groups is 2. The van der Waals surface area contributed by atoms with Gasteiger partial charge in [0.1, 0.15) is 0 Å². The van der Waals surface area contributed by atoms with Crippen molar-refractivity contribution in [2.75, 3.05) is 30.3 Å². The van der Waals surface area contributed by atoms with Crippen molar-refractivity contribution in [3.63, 3.8) is 0 Å². The molecule has 1 saturated heterocycles. The smallest absolute Gasteiger partial charge is 0.253 e. The zero-order chi connectivity index (χ0) is 19.2. The molecule has 142 valence electrons. The van der Waals surface area contributed by atoms with Gasteiger partial charge in [0.25, 0.3) is 5.91 Å². The average Bonchev–Trinajstić information content (AvgIpc) is 2.68. The van der Waals surface area contributed by atoms with Crippen molar-refractivity contribution in [3.05, 3.63) is 59.7 Å². The van der Waals surface area contributed by atoms with E-state index in [1.54, 1.807) is 24.3 Å². The summed E-state index contributed by atoms with van der Waals surface area (Å²) in [7, 11) is 0. The van der Waals surface area contributed by atoms with Crippen LogP contribution in [0, 0.1) is 12.8 Å². The second kappa shape index (κ2) is 8.71. The van der Waals surface area contributed by atoms with Crippen LogP contribution in [0.1, 0.15) is 35.7 Å². The number of nitrogens with zero attached hydrogens (tertiary/aromatic N) is 1. The van der Waals surface area contributed by atoms with Crippen LogP contribution in [-0.4, -0.2) is 36.3 Å². The van der Waals surface area contributed by atoms with Gasteiger partial charge in [-0.1, -0.05) is 24.6 Å². The van der Waals surface area contributed by atoms with Crippen LogP contribution in [0.15, 0.2) is 48.5 Å². The second-order valence-corrected chi connectivity index (χ2v) is 7.32. The Bertz CT molecular complexity index is 776. The maximum atomic E-state index is 12.6. The molecule has 0 aliphatic carbocycles. The number of benzene rings is 2. The summed E-state index contributed by atoms with van der Waals surface area (Å²) in [6, 6.07) is 15.0. The second-order valence-electron chi connectivity index (χ2n) is 7.32. The van der Waals surface area contributed by atoms with Crippen LogP contribution in [-0.2, 0) is 4.79 Å². The highest BCUT2D eigenvalue weighted by atomic mass is 16.2. The summed E-state index contributed by atoms with van der Waals surface area (Å²) in [6.07, 6.45) is 2.13. The summed E-state index contributed by atoms with van der Waals surface area (Å²) in [4.78, 5) is 26.6. The van der Waals surface area contributed by atoms with E-state index in [1.165, 1.54) is 5.56 Å². The van der Waals surface area contributed by atoms with Gasteiger partial charge in [-0.2, -0.15) is 0 Å². The monoisotopic (exact) mass is 365 g/mol. The SMILES string of the molecule is Cc1ccc(NCC(=O)Nc2ccc(C(=O)N3CCC(C)CC3)cc2)cc1. The van der Waals surface area contributed by atoms with Gasteiger partial charge in [0, 0.05) is 30.0 Å². The minimum atomic E-state index is -0.125. The zero-order valence-corrected chi connectivity index (χ0v) is 16.0. The van der Waals surface area contributed by atoms with Gasteiger partial charge in [0.15, 0.2) is 0 Å². The quantitative estimate of drug-likeness (QED) is 0.844. The van der Waals surface area contributed by atoms with E-state index < -0.39 is 0 Å². The molecule has 5 nitrogen and oxygen atoms in total. The van der Waals surface area contributed by atoms with E-state index in [0.29, 0.717) is 17.2 Å². The molecule has 5 heteroatoms. The number of likely N-dealkylation sites (tertiary alicyclic amines) is 1. The molecular weight excluding hydrogens is 338 g/mol. The van der Waals surface area contributed by atoms with Crippen molar-refractivity contribution in [2.24, 2.45) is 5.92 Å². The van der Waals surface area contributed by atoms with Crippen LogP contribution in [0.3, 0.4) is 0 Å². The Morgan fingerprint density at radius 3 is 2.19 bits per heavy atom. The van der Waals surface area contributed by atoms with E-state index in [-0.39, 0.29) is 18.4 Å². The van der Waals surface area contributed by atoms with E-state index in [9.17, 15) is 9.59 Å². The number of carbonyl (C=O) groups excluding carboxylic acids is 2. The third-order valence-corrected chi connectivity index (χ3v) is 4.99. The van der Waals surface area contributed by atoms with Crippen molar-refractivity contribution in [1.29, 1.82) is 0 Å². The molecule has 0 aromatic heterocycles. The predicted molar refractivity (Wildman–Crippen MR) is 109 cm³/mol. The molecule has 2 aromatic rings. The Morgan fingerprint density at radius 1 is 0.963 bits per heavy atom. The maximum absolute atomic E-state index is 12.6. The summed E-state index contributed by atoms with van der Waals surface area (Å²) in [6.45, 7) is 6.09. The molecule has 2 N–H and O–H groups in total. The van der Waals surface area contributed by atoms with Gasteiger partial charge in [0.2, 0.25) is 5.91 Å². The van der Waals surface area contributed by atoms with Gasteiger partial charge in [-0.25, -0.2) is 0 Å². The number of nitrogens with one attached hydrogen (secondary N) is 2. The summed E-state index contributed by atoms with van der Waals surface area (Å²) in [5.74, 6) is 0.639. The summed E-state index contributed by atoms with van der Waals surface area (Å²) < 4.78 is 0. The Balaban J connectivity index is 1.50. The standard InChI is InChI=1S/C22H27N3O2/c1-16-3-7-19(8-4-16)23-15-21(26)24-20-9-5-18(6-10-20)22(27)25-13-11-17(2)12-14-25/h3-10,17,23H,11-15H2,1-2H3,(H,24,26).